The summed E-state index contributed by atoms with van der Waals surface area (Å²) in [6.45, 7) is -0.456. The highest BCUT2D eigenvalue weighted by molar-refractivity contribution is 7.98. The lowest BCUT2D eigenvalue weighted by Gasteiger charge is -2.14. The van der Waals surface area contributed by atoms with E-state index in [1.807, 2.05) is 24.5 Å². The second-order valence-electron chi connectivity index (χ2n) is 7.33. The third-order valence-electron chi connectivity index (χ3n) is 5.10. The van der Waals surface area contributed by atoms with Crippen LogP contribution in [0.15, 0.2) is 36.7 Å². The first kappa shape index (κ1) is 22.5. The number of carbonyl (C=O) groups excluding carboxylic acids is 1. The minimum Gasteiger partial charge on any atom is -0.484 e. The van der Waals surface area contributed by atoms with Crippen molar-refractivity contribution in [3.63, 3.8) is 0 Å². The number of imidazole rings is 1. The largest absolute Gasteiger partial charge is 0.484 e. The van der Waals surface area contributed by atoms with Crippen LogP contribution in [0.4, 0.5) is 5.95 Å². The molecule has 3 N–H and O–H groups in total. The fourth-order valence-electron chi connectivity index (χ4n) is 3.49. The van der Waals surface area contributed by atoms with Crippen molar-refractivity contribution in [1.29, 1.82) is 0 Å². The number of anilines is 1. The Kier molecular flexibility index (Phi) is 7.20. The van der Waals surface area contributed by atoms with E-state index in [1.165, 1.54) is 0 Å². The molecule has 1 aromatic carbocycles. The average molecular weight is 460 g/mol. The Bertz CT molecular complexity index is 1060. The van der Waals surface area contributed by atoms with Crippen LogP contribution in [0.1, 0.15) is 18.3 Å². The first-order chi connectivity index (χ1) is 15.6. The van der Waals surface area contributed by atoms with Gasteiger partial charge in [-0.15, -0.1) is 0 Å². The molecule has 4 rings (SSSR count). The minimum atomic E-state index is -0.783. The highest BCUT2D eigenvalue weighted by Gasteiger charge is 2.35. The number of carbonyl (C=O) groups is 1. The number of aryl methyl sites for hydroxylation is 1. The topological polar surface area (TPSA) is 132 Å². The monoisotopic (exact) mass is 459 g/mol. The van der Waals surface area contributed by atoms with Crippen molar-refractivity contribution in [2.45, 2.75) is 31.3 Å². The van der Waals surface area contributed by atoms with Gasteiger partial charge in [0, 0.05) is 12.8 Å². The van der Waals surface area contributed by atoms with E-state index in [1.54, 1.807) is 34.8 Å². The summed E-state index contributed by atoms with van der Waals surface area (Å²) in [4.78, 5) is 25.9. The number of hydrogen-bond donors (Lipinski definition) is 3. The predicted molar refractivity (Wildman–Crippen MR) is 120 cm³/mol. The number of hydrogen-bond acceptors (Lipinski definition) is 9. The normalized spacial score (nSPS) is 20.5. The zero-order chi connectivity index (χ0) is 22.5. The fourth-order valence-corrected chi connectivity index (χ4v) is 3.89. The number of aromatic nitrogens is 4. The molecule has 1 saturated heterocycles. The van der Waals surface area contributed by atoms with Gasteiger partial charge in [0.25, 0.3) is 5.91 Å². The van der Waals surface area contributed by atoms with Crippen LogP contribution in [0.2, 0.25) is 0 Å². The number of nitrogens with one attached hydrogen (secondary N) is 1. The highest BCUT2D eigenvalue weighted by atomic mass is 32.2. The van der Waals surface area contributed by atoms with Gasteiger partial charge in [-0.1, -0.05) is 18.2 Å². The molecule has 3 heterocycles. The van der Waals surface area contributed by atoms with E-state index in [9.17, 15) is 15.0 Å². The van der Waals surface area contributed by atoms with E-state index >= 15 is 0 Å². The van der Waals surface area contributed by atoms with Gasteiger partial charge in [-0.05, 0) is 24.1 Å². The van der Waals surface area contributed by atoms with Crippen LogP contribution in [0, 0.1) is 0 Å². The smallest absolute Gasteiger partial charge is 0.264 e. The third-order valence-corrected chi connectivity index (χ3v) is 5.71. The second kappa shape index (κ2) is 10.3. The summed E-state index contributed by atoms with van der Waals surface area (Å²) < 4.78 is 12.9. The van der Waals surface area contributed by atoms with Crippen LogP contribution in [0.25, 0.3) is 11.2 Å². The van der Waals surface area contributed by atoms with Gasteiger partial charge in [0.05, 0.1) is 24.7 Å². The zero-order valence-corrected chi connectivity index (χ0v) is 18.4. The van der Waals surface area contributed by atoms with Crippen molar-refractivity contribution < 1.29 is 24.5 Å². The summed E-state index contributed by atoms with van der Waals surface area (Å²) in [6.07, 6.45) is 2.56. The minimum absolute atomic E-state index is 0.147. The lowest BCUT2D eigenvalue weighted by Crippen LogP contribution is -2.24. The number of para-hydroxylation sites is 1. The van der Waals surface area contributed by atoms with Gasteiger partial charge in [0.1, 0.15) is 23.6 Å². The maximum atomic E-state index is 12.4. The molecule has 1 aliphatic heterocycles. The maximum Gasteiger partial charge on any atom is 0.264 e. The van der Waals surface area contributed by atoms with E-state index in [-0.39, 0.29) is 25.1 Å². The zero-order valence-electron chi connectivity index (χ0n) is 17.5. The Morgan fingerprint density at radius 3 is 2.88 bits per heavy atom. The molecule has 1 aliphatic rings. The van der Waals surface area contributed by atoms with Crippen molar-refractivity contribution >= 4 is 34.8 Å². The van der Waals surface area contributed by atoms with Crippen molar-refractivity contribution in [3.8, 4) is 5.75 Å². The van der Waals surface area contributed by atoms with E-state index in [0.717, 1.165) is 5.75 Å². The van der Waals surface area contributed by atoms with Crippen molar-refractivity contribution in [2.24, 2.45) is 0 Å². The predicted octanol–water partition coefficient (Wildman–Crippen LogP) is 1.39. The van der Waals surface area contributed by atoms with Crippen LogP contribution < -0.4 is 10.1 Å². The number of aliphatic hydroxyl groups excluding tert-OH is 2. The van der Waals surface area contributed by atoms with E-state index in [2.05, 4.69) is 20.3 Å². The summed E-state index contributed by atoms with van der Waals surface area (Å²) in [5.74, 6) is 1.18. The Labute approximate surface area is 189 Å². The summed E-state index contributed by atoms with van der Waals surface area (Å²) in [6, 6.07) is 9.06. The molecule has 10 nitrogen and oxygen atoms in total. The van der Waals surface area contributed by atoms with E-state index in [4.69, 9.17) is 9.47 Å². The molecular weight excluding hydrogens is 434 g/mol. The van der Waals surface area contributed by atoms with Gasteiger partial charge < -0.3 is 19.7 Å². The molecule has 0 aliphatic carbocycles. The molecule has 0 bridgehead atoms. The van der Waals surface area contributed by atoms with Crippen LogP contribution >= 0.6 is 11.8 Å². The molecule has 0 spiro atoms. The Balaban J connectivity index is 1.57. The molecule has 1 fully saturated rings. The molecule has 3 unspecified atom stereocenters. The number of benzene rings is 1. The number of thioether (sulfide) groups is 1. The van der Waals surface area contributed by atoms with Gasteiger partial charge in [-0.3, -0.25) is 14.7 Å². The standard InChI is InChI=1S/C21H25N5O5S/c1-32-8-7-14-19-20(26(12-22-19)18-9-15(28)16(10-27)31-18)25-21(23-14)24-17(29)11-30-13-5-3-2-4-6-13/h2-6,12,15-16,18,27-28H,7-11H2,1H3,(H,23,24,25,29). The van der Waals surface area contributed by atoms with Crippen LogP contribution in [-0.4, -0.2) is 73.1 Å². The summed E-state index contributed by atoms with van der Waals surface area (Å²) in [5.41, 5.74) is 1.81. The van der Waals surface area contributed by atoms with E-state index < -0.39 is 18.4 Å². The summed E-state index contributed by atoms with van der Waals surface area (Å²) in [5, 5.41) is 22.2. The quantitative estimate of drug-likeness (QED) is 0.434. The molecule has 170 valence electrons. The van der Waals surface area contributed by atoms with Gasteiger partial charge in [-0.2, -0.15) is 16.7 Å². The molecule has 2 aromatic heterocycles. The lowest BCUT2D eigenvalue weighted by atomic mass is 10.2. The van der Waals surface area contributed by atoms with Crippen molar-refractivity contribution in [1.82, 2.24) is 19.5 Å². The first-order valence-electron chi connectivity index (χ1n) is 10.2. The number of ether oxygens (including phenoxy) is 2. The molecule has 3 atom stereocenters. The average Bonchev–Trinajstić information content (AvgIpc) is 3.39. The molecule has 11 heteroatoms. The van der Waals surface area contributed by atoms with Crippen LogP contribution in [0.3, 0.4) is 0 Å². The van der Waals surface area contributed by atoms with Gasteiger partial charge in [0.2, 0.25) is 5.95 Å². The number of aliphatic hydroxyl groups is 2. The molecule has 0 radical (unpaired) electrons. The Morgan fingerprint density at radius 2 is 2.16 bits per heavy atom. The SMILES string of the molecule is CSCCc1nc(NC(=O)COc2ccccc2)nc2c1ncn2C1CC(O)C(CO)O1. The van der Waals surface area contributed by atoms with Gasteiger partial charge >= 0.3 is 0 Å². The number of fused-ring (bicyclic) bond motifs is 1. The van der Waals surface area contributed by atoms with Crippen molar-refractivity contribution in [2.75, 3.05) is 30.5 Å². The highest BCUT2D eigenvalue weighted by Crippen LogP contribution is 2.31. The van der Waals surface area contributed by atoms with E-state index in [0.29, 0.717) is 35.4 Å². The number of amides is 1. The third kappa shape index (κ3) is 5.01. The summed E-state index contributed by atoms with van der Waals surface area (Å²) in [7, 11) is 0. The molecule has 3 aromatic rings. The number of rotatable bonds is 9. The van der Waals surface area contributed by atoms with Crippen LogP contribution in [0.5, 0.6) is 5.75 Å². The van der Waals surface area contributed by atoms with Crippen molar-refractivity contribution in [3.05, 3.63) is 42.4 Å². The lowest BCUT2D eigenvalue weighted by molar-refractivity contribution is -0.118. The van der Waals surface area contributed by atoms with Gasteiger partial charge in [0.15, 0.2) is 12.3 Å². The maximum absolute atomic E-state index is 12.4. The molecule has 32 heavy (non-hydrogen) atoms. The fraction of sp³-hybridized carbons (Fsp3) is 0.429. The Morgan fingerprint density at radius 1 is 1.34 bits per heavy atom. The first-order valence-corrected chi connectivity index (χ1v) is 11.6. The second-order valence-corrected chi connectivity index (χ2v) is 8.31. The Hall–Kier alpha value is -2.73. The van der Waals surface area contributed by atoms with Crippen LogP contribution in [-0.2, 0) is 16.0 Å². The molecule has 0 saturated carbocycles. The number of nitrogens with zero attached hydrogens (tertiary/aromatic N) is 4. The summed E-state index contributed by atoms with van der Waals surface area (Å²) >= 11 is 1.68. The molecule has 1 amide bonds. The van der Waals surface area contributed by atoms with Gasteiger partial charge in [-0.25, -0.2) is 9.97 Å². The molecular formula is C21H25N5O5S.